The van der Waals surface area contributed by atoms with Crippen LogP contribution in [0.3, 0.4) is 0 Å². The first kappa shape index (κ1) is 20.0. The molecule has 0 radical (unpaired) electrons. The van der Waals surface area contributed by atoms with Crippen LogP contribution < -0.4 is 15.6 Å². The fourth-order valence-corrected chi connectivity index (χ4v) is 2.97. The van der Waals surface area contributed by atoms with Crippen molar-refractivity contribution >= 4 is 11.6 Å². The minimum Gasteiger partial charge on any atom is -0.495 e. The molecule has 2 aromatic carbocycles. The molecule has 0 bridgehead atoms. The predicted octanol–water partition coefficient (Wildman–Crippen LogP) is 3.35. The van der Waals surface area contributed by atoms with Gasteiger partial charge in [0.05, 0.1) is 12.8 Å². The van der Waals surface area contributed by atoms with Gasteiger partial charge < -0.3 is 19.1 Å². The second kappa shape index (κ2) is 8.62. The number of nitrogens with zero attached hydrogens (tertiary/aromatic N) is 3. The molecule has 0 spiro atoms. The topological polar surface area (TPSA) is 99.2 Å². The maximum absolute atomic E-state index is 13.1. The van der Waals surface area contributed by atoms with Gasteiger partial charge in [0.1, 0.15) is 23.7 Å². The van der Waals surface area contributed by atoms with E-state index >= 15 is 0 Å². The molecular formula is C22H17FN4O4. The van der Waals surface area contributed by atoms with Crippen molar-refractivity contribution in [1.29, 1.82) is 0 Å². The Labute approximate surface area is 175 Å². The zero-order valence-corrected chi connectivity index (χ0v) is 16.4. The number of hydrogen-bond donors (Lipinski definition) is 1. The summed E-state index contributed by atoms with van der Waals surface area (Å²) in [7, 11) is 1.50. The Bertz CT molecular complexity index is 1280. The van der Waals surface area contributed by atoms with Crippen LogP contribution in [0.5, 0.6) is 5.75 Å². The highest BCUT2D eigenvalue weighted by Gasteiger charge is 2.16. The van der Waals surface area contributed by atoms with Crippen LogP contribution in [-0.2, 0) is 11.3 Å². The van der Waals surface area contributed by atoms with E-state index < -0.39 is 11.5 Å². The molecule has 0 aliphatic rings. The third kappa shape index (κ3) is 4.35. The lowest BCUT2D eigenvalue weighted by molar-refractivity contribution is -0.116. The molecule has 0 saturated heterocycles. The summed E-state index contributed by atoms with van der Waals surface area (Å²) < 4.78 is 24.8. The Morgan fingerprint density at radius 3 is 2.68 bits per heavy atom. The van der Waals surface area contributed by atoms with Crippen LogP contribution in [0.2, 0.25) is 0 Å². The first-order chi connectivity index (χ1) is 15.0. The number of pyridine rings is 1. The number of halogens is 1. The lowest BCUT2D eigenvalue weighted by Crippen LogP contribution is -2.28. The molecule has 2 heterocycles. The van der Waals surface area contributed by atoms with Crippen LogP contribution in [0.15, 0.2) is 76.2 Å². The van der Waals surface area contributed by atoms with Crippen LogP contribution in [-0.4, -0.2) is 27.7 Å². The van der Waals surface area contributed by atoms with Crippen molar-refractivity contribution in [2.45, 2.75) is 6.54 Å². The van der Waals surface area contributed by atoms with E-state index in [-0.39, 0.29) is 29.6 Å². The summed E-state index contributed by atoms with van der Waals surface area (Å²) in [5, 5.41) is 6.57. The number of amides is 1. The third-order valence-electron chi connectivity index (χ3n) is 4.47. The molecule has 1 N–H and O–H groups in total. The number of hydrogen-bond acceptors (Lipinski definition) is 6. The molecule has 0 unspecified atom stereocenters. The molecule has 0 aliphatic heterocycles. The highest BCUT2D eigenvalue weighted by molar-refractivity contribution is 5.92. The molecule has 9 heteroatoms. The fraction of sp³-hybridized carbons (Fsp3) is 0.0909. The number of methoxy groups -OCH3 is 1. The number of anilines is 1. The highest BCUT2D eigenvalue weighted by Crippen LogP contribution is 2.23. The van der Waals surface area contributed by atoms with Gasteiger partial charge in [-0.3, -0.25) is 9.59 Å². The number of aromatic nitrogens is 3. The van der Waals surface area contributed by atoms with Gasteiger partial charge in [0, 0.05) is 11.8 Å². The second-order valence-electron chi connectivity index (χ2n) is 6.53. The van der Waals surface area contributed by atoms with Gasteiger partial charge in [-0.1, -0.05) is 17.3 Å². The van der Waals surface area contributed by atoms with E-state index in [1.807, 2.05) is 0 Å². The summed E-state index contributed by atoms with van der Waals surface area (Å²) in [5.41, 5.74) is 0.726. The SMILES string of the molecule is COc1ccccc1NC(=O)Cn1cccc(-c2nc(-c3ccc(F)cc3)no2)c1=O. The van der Waals surface area contributed by atoms with E-state index in [9.17, 15) is 14.0 Å². The fourth-order valence-electron chi connectivity index (χ4n) is 2.97. The molecule has 0 atom stereocenters. The van der Waals surface area contributed by atoms with E-state index in [0.717, 1.165) is 0 Å². The van der Waals surface area contributed by atoms with Crippen molar-refractivity contribution < 1.29 is 18.4 Å². The number of ether oxygens (including phenoxy) is 1. The Hall–Kier alpha value is -4.27. The normalized spacial score (nSPS) is 10.6. The molecule has 1 amide bonds. The van der Waals surface area contributed by atoms with Gasteiger partial charge in [0.15, 0.2) is 0 Å². The minimum absolute atomic E-state index is 0.00353. The van der Waals surface area contributed by atoms with Gasteiger partial charge in [0.25, 0.3) is 11.4 Å². The zero-order chi connectivity index (χ0) is 21.8. The van der Waals surface area contributed by atoms with Crippen LogP contribution in [0, 0.1) is 5.82 Å². The van der Waals surface area contributed by atoms with Crippen molar-refractivity contribution in [3.63, 3.8) is 0 Å². The number of para-hydroxylation sites is 2. The Morgan fingerprint density at radius 1 is 1.13 bits per heavy atom. The van der Waals surface area contributed by atoms with Crippen molar-refractivity contribution in [1.82, 2.24) is 14.7 Å². The molecule has 0 aliphatic carbocycles. The van der Waals surface area contributed by atoms with Crippen molar-refractivity contribution in [3.05, 3.63) is 83.0 Å². The molecule has 4 rings (SSSR count). The average Bonchev–Trinajstić information content (AvgIpc) is 3.26. The largest absolute Gasteiger partial charge is 0.495 e. The number of rotatable bonds is 6. The van der Waals surface area contributed by atoms with Gasteiger partial charge in [-0.2, -0.15) is 4.98 Å². The maximum Gasteiger partial charge on any atom is 0.263 e. The summed E-state index contributed by atoms with van der Waals surface area (Å²) >= 11 is 0. The predicted molar refractivity (Wildman–Crippen MR) is 111 cm³/mol. The lowest BCUT2D eigenvalue weighted by Gasteiger charge is -2.11. The molecule has 0 fully saturated rings. The number of carbonyl (C=O) groups is 1. The van der Waals surface area contributed by atoms with Crippen LogP contribution in [0.25, 0.3) is 22.8 Å². The van der Waals surface area contributed by atoms with E-state index in [1.165, 1.54) is 48.2 Å². The molecular weight excluding hydrogens is 403 g/mol. The second-order valence-corrected chi connectivity index (χ2v) is 6.53. The maximum atomic E-state index is 13.1. The van der Waals surface area contributed by atoms with Gasteiger partial charge in [-0.15, -0.1) is 0 Å². The Kier molecular flexibility index (Phi) is 5.57. The van der Waals surface area contributed by atoms with E-state index in [4.69, 9.17) is 9.26 Å². The van der Waals surface area contributed by atoms with Crippen LogP contribution in [0.4, 0.5) is 10.1 Å². The molecule has 8 nitrogen and oxygen atoms in total. The van der Waals surface area contributed by atoms with Gasteiger partial charge in [-0.25, -0.2) is 4.39 Å². The highest BCUT2D eigenvalue weighted by atomic mass is 19.1. The monoisotopic (exact) mass is 420 g/mol. The van der Waals surface area contributed by atoms with E-state index in [0.29, 0.717) is 17.0 Å². The first-order valence-corrected chi connectivity index (χ1v) is 9.27. The minimum atomic E-state index is -0.466. The van der Waals surface area contributed by atoms with Gasteiger partial charge in [-0.05, 0) is 48.5 Å². The summed E-state index contributed by atoms with van der Waals surface area (Å²) in [4.78, 5) is 29.5. The third-order valence-corrected chi connectivity index (χ3v) is 4.47. The van der Waals surface area contributed by atoms with Gasteiger partial charge in [0.2, 0.25) is 11.7 Å². The summed E-state index contributed by atoms with van der Waals surface area (Å²) in [6.07, 6.45) is 1.49. The molecule has 4 aromatic rings. The smallest absolute Gasteiger partial charge is 0.263 e. The number of nitrogens with one attached hydrogen (secondary N) is 1. The number of benzene rings is 2. The van der Waals surface area contributed by atoms with Gasteiger partial charge >= 0.3 is 0 Å². The molecule has 156 valence electrons. The molecule has 0 saturated carbocycles. The van der Waals surface area contributed by atoms with E-state index in [1.54, 1.807) is 30.3 Å². The standard InChI is InChI=1S/C22H17FN4O4/c1-30-18-7-3-2-6-17(18)24-19(28)13-27-12-4-5-16(22(27)29)21-25-20(26-31-21)14-8-10-15(23)11-9-14/h2-12H,13H2,1H3,(H,24,28). The Balaban J connectivity index is 1.55. The first-order valence-electron chi connectivity index (χ1n) is 9.27. The average molecular weight is 420 g/mol. The quantitative estimate of drug-likeness (QED) is 0.514. The lowest BCUT2D eigenvalue weighted by atomic mass is 10.2. The summed E-state index contributed by atoms with van der Waals surface area (Å²) in [6, 6.07) is 15.7. The van der Waals surface area contributed by atoms with Crippen molar-refractivity contribution in [2.24, 2.45) is 0 Å². The van der Waals surface area contributed by atoms with Crippen LogP contribution >= 0.6 is 0 Å². The summed E-state index contributed by atoms with van der Waals surface area (Å²) in [6.45, 7) is -0.219. The summed E-state index contributed by atoms with van der Waals surface area (Å²) in [5.74, 6) is -0.0512. The van der Waals surface area contributed by atoms with Crippen molar-refractivity contribution in [2.75, 3.05) is 12.4 Å². The zero-order valence-electron chi connectivity index (χ0n) is 16.4. The Morgan fingerprint density at radius 2 is 1.90 bits per heavy atom. The van der Waals surface area contributed by atoms with E-state index in [2.05, 4.69) is 15.5 Å². The van der Waals surface area contributed by atoms with Crippen molar-refractivity contribution in [3.8, 4) is 28.6 Å². The molecule has 31 heavy (non-hydrogen) atoms. The molecule has 2 aromatic heterocycles. The number of carbonyl (C=O) groups excluding carboxylic acids is 1. The van der Waals surface area contributed by atoms with Crippen LogP contribution in [0.1, 0.15) is 0 Å².